The minimum absolute atomic E-state index is 0.276. The number of phenolic OH excluding ortho intramolecular Hbond substituents is 2. The number of aromatic hydroxyl groups is 2. The number of rotatable bonds is 8. The monoisotopic (exact) mass is 366 g/mol. The van der Waals surface area contributed by atoms with E-state index in [1.54, 1.807) is 12.4 Å². The van der Waals surface area contributed by atoms with Gasteiger partial charge in [0.15, 0.2) is 0 Å². The first-order chi connectivity index (χ1) is 12.9. The Balaban J connectivity index is 1.86. The lowest BCUT2D eigenvalue weighted by molar-refractivity contribution is 0.463. The van der Waals surface area contributed by atoms with E-state index in [4.69, 9.17) is 0 Å². The second-order valence-corrected chi connectivity index (χ2v) is 7.30. The standard InChI is InChI=1S/C23H30N2O2/c1-16(2)20-10-5-8-18(22(20)26)14-24-12-7-13-25-15-19-9-6-11-21(17(3)4)23(19)27/h5-6,8-11,14-17,26-27H,7,12-13H2,1-4H3. The molecule has 0 bridgehead atoms. The normalized spacial score (nSPS) is 12.1. The van der Waals surface area contributed by atoms with Gasteiger partial charge in [0.2, 0.25) is 0 Å². The lowest BCUT2D eigenvalue weighted by Gasteiger charge is -2.09. The Labute approximate surface area is 162 Å². The van der Waals surface area contributed by atoms with Crippen LogP contribution in [-0.2, 0) is 0 Å². The maximum absolute atomic E-state index is 10.3. The predicted molar refractivity (Wildman–Crippen MR) is 114 cm³/mol. The highest BCUT2D eigenvalue weighted by atomic mass is 16.3. The van der Waals surface area contributed by atoms with E-state index in [1.807, 2.05) is 36.4 Å². The highest BCUT2D eigenvalue weighted by molar-refractivity contribution is 5.84. The summed E-state index contributed by atoms with van der Waals surface area (Å²) in [6, 6.07) is 11.5. The molecule has 0 atom stereocenters. The first kappa shape index (κ1) is 20.7. The molecule has 27 heavy (non-hydrogen) atoms. The van der Waals surface area contributed by atoms with Gasteiger partial charge < -0.3 is 10.2 Å². The molecule has 0 aliphatic rings. The molecule has 2 aromatic rings. The molecule has 0 saturated carbocycles. The van der Waals surface area contributed by atoms with Crippen molar-refractivity contribution in [2.45, 2.75) is 46.0 Å². The van der Waals surface area contributed by atoms with Crippen LogP contribution in [0.1, 0.15) is 68.2 Å². The van der Waals surface area contributed by atoms with Gasteiger partial charge in [0.1, 0.15) is 11.5 Å². The summed E-state index contributed by atoms with van der Waals surface area (Å²) in [5.41, 5.74) is 3.37. The quantitative estimate of drug-likeness (QED) is 0.493. The fraction of sp³-hybridized carbons (Fsp3) is 0.391. The molecule has 2 rings (SSSR count). The Morgan fingerprint density at radius 1 is 0.741 bits per heavy atom. The average Bonchev–Trinajstić information content (AvgIpc) is 2.62. The Morgan fingerprint density at radius 3 is 1.52 bits per heavy atom. The molecule has 0 fully saturated rings. The molecule has 0 saturated heterocycles. The predicted octanol–water partition coefficient (Wildman–Crippen LogP) is 5.27. The molecular weight excluding hydrogens is 336 g/mol. The number of para-hydroxylation sites is 2. The van der Waals surface area contributed by atoms with Crippen LogP contribution in [0.5, 0.6) is 11.5 Å². The first-order valence-electron chi connectivity index (χ1n) is 9.55. The van der Waals surface area contributed by atoms with Crippen molar-refractivity contribution in [3.8, 4) is 11.5 Å². The van der Waals surface area contributed by atoms with Crippen LogP contribution in [0, 0.1) is 0 Å². The van der Waals surface area contributed by atoms with Crippen molar-refractivity contribution >= 4 is 12.4 Å². The number of nitrogens with zero attached hydrogens (tertiary/aromatic N) is 2. The van der Waals surface area contributed by atoms with Crippen LogP contribution < -0.4 is 0 Å². The molecule has 4 nitrogen and oxygen atoms in total. The minimum atomic E-state index is 0.276. The Morgan fingerprint density at radius 2 is 1.15 bits per heavy atom. The lowest BCUT2D eigenvalue weighted by Crippen LogP contribution is -1.94. The van der Waals surface area contributed by atoms with Crippen molar-refractivity contribution in [2.24, 2.45) is 9.98 Å². The zero-order valence-corrected chi connectivity index (χ0v) is 16.7. The molecule has 4 heteroatoms. The van der Waals surface area contributed by atoms with Crippen molar-refractivity contribution in [3.63, 3.8) is 0 Å². The van der Waals surface area contributed by atoms with Gasteiger partial charge >= 0.3 is 0 Å². The molecule has 0 unspecified atom stereocenters. The van der Waals surface area contributed by atoms with E-state index in [0.717, 1.165) is 28.7 Å². The first-order valence-corrected chi connectivity index (χ1v) is 9.55. The molecule has 0 aliphatic heterocycles. The summed E-state index contributed by atoms with van der Waals surface area (Å²) in [5.74, 6) is 1.18. The molecule has 0 heterocycles. The number of aliphatic imine (C=N–C) groups is 2. The van der Waals surface area contributed by atoms with Crippen molar-refractivity contribution in [2.75, 3.05) is 13.1 Å². The maximum atomic E-state index is 10.3. The number of phenols is 2. The summed E-state index contributed by atoms with van der Waals surface area (Å²) in [6.45, 7) is 9.51. The van der Waals surface area contributed by atoms with E-state index in [2.05, 4.69) is 37.7 Å². The highest BCUT2D eigenvalue weighted by Crippen LogP contribution is 2.28. The van der Waals surface area contributed by atoms with E-state index in [-0.39, 0.29) is 11.8 Å². The van der Waals surface area contributed by atoms with Gasteiger partial charge in [0.25, 0.3) is 0 Å². The highest BCUT2D eigenvalue weighted by Gasteiger charge is 2.09. The fourth-order valence-electron chi connectivity index (χ4n) is 2.88. The van der Waals surface area contributed by atoms with Gasteiger partial charge in [-0.15, -0.1) is 0 Å². The average molecular weight is 367 g/mol. The zero-order chi connectivity index (χ0) is 19.8. The second kappa shape index (κ2) is 9.91. The number of hydrogen-bond donors (Lipinski definition) is 2. The fourth-order valence-corrected chi connectivity index (χ4v) is 2.88. The Bertz CT molecular complexity index is 741. The summed E-state index contributed by atoms with van der Waals surface area (Å²) >= 11 is 0. The van der Waals surface area contributed by atoms with Gasteiger partial charge in [0, 0.05) is 36.6 Å². The van der Waals surface area contributed by atoms with Crippen molar-refractivity contribution < 1.29 is 10.2 Å². The number of hydrogen-bond acceptors (Lipinski definition) is 4. The summed E-state index contributed by atoms with van der Waals surface area (Å²) in [7, 11) is 0. The largest absolute Gasteiger partial charge is 0.507 e. The molecule has 2 N–H and O–H groups in total. The van der Waals surface area contributed by atoms with Crippen LogP contribution in [0.15, 0.2) is 46.4 Å². The second-order valence-electron chi connectivity index (χ2n) is 7.30. The van der Waals surface area contributed by atoms with Crippen LogP contribution in [0.25, 0.3) is 0 Å². The summed E-state index contributed by atoms with van der Waals surface area (Å²) in [5, 5.41) is 20.5. The molecule has 0 aromatic heterocycles. The third-order valence-electron chi connectivity index (χ3n) is 4.48. The molecule has 0 amide bonds. The third kappa shape index (κ3) is 5.68. The van der Waals surface area contributed by atoms with Gasteiger partial charge in [-0.3, -0.25) is 9.98 Å². The van der Waals surface area contributed by atoms with Gasteiger partial charge in [-0.25, -0.2) is 0 Å². The van der Waals surface area contributed by atoms with E-state index in [9.17, 15) is 10.2 Å². The van der Waals surface area contributed by atoms with E-state index >= 15 is 0 Å². The van der Waals surface area contributed by atoms with Crippen LogP contribution in [0.2, 0.25) is 0 Å². The Hall–Kier alpha value is -2.62. The van der Waals surface area contributed by atoms with Gasteiger partial charge in [-0.05, 0) is 41.5 Å². The topological polar surface area (TPSA) is 65.2 Å². The minimum Gasteiger partial charge on any atom is -0.507 e. The van der Waals surface area contributed by atoms with Gasteiger partial charge in [-0.1, -0.05) is 52.0 Å². The summed E-state index contributed by atoms with van der Waals surface area (Å²) in [6.07, 6.45) is 4.26. The van der Waals surface area contributed by atoms with E-state index < -0.39 is 0 Å². The molecule has 0 radical (unpaired) electrons. The van der Waals surface area contributed by atoms with Gasteiger partial charge in [0.05, 0.1) is 0 Å². The summed E-state index contributed by atoms with van der Waals surface area (Å²) < 4.78 is 0. The molecule has 0 spiro atoms. The van der Waals surface area contributed by atoms with Crippen molar-refractivity contribution in [1.29, 1.82) is 0 Å². The third-order valence-corrected chi connectivity index (χ3v) is 4.48. The maximum Gasteiger partial charge on any atom is 0.127 e. The molecule has 2 aromatic carbocycles. The zero-order valence-electron chi connectivity index (χ0n) is 16.7. The smallest absolute Gasteiger partial charge is 0.127 e. The molecule has 144 valence electrons. The van der Waals surface area contributed by atoms with E-state index in [0.29, 0.717) is 24.6 Å². The van der Waals surface area contributed by atoms with Crippen molar-refractivity contribution in [3.05, 3.63) is 58.7 Å². The van der Waals surface area contributed by atoms with Crippen LogP contribution in [0.3, 0.4) is 0 Å². The SMILES string of the molecule is CC(C)c1cccc(C=NCCCN=Cc2cccc(C(C)C)c2O)c1O. The Kier molecular flexibility index (Phi) is 7.59. The lowest BCUT2D eigenvalue weighted by atomic mass is 9.99. The van der Waals surface area contributed by atoms with Crippen LogP contribution >= 0.6 is 0 Å². The van der Waals surface area contributed by atoms with Crippen molar-refractivity contribution in [1.82, 2.24) is 0 Å². The molecular formula is C23H30N2O2. The van der Waals surface area contributed by atoms with E-state index in [1.165, 1.54) is 0 Å². The molecule has 0 aliphatic carbocycles. The summed E-state index contributed by atoms with van der Waals surface area (Å²) in [4.78, 5) is 8.79. The van der Waals surface area contributed by atoms with Crippen LogP contribution in [-0.4, -0.2) is 35.7 Å². The van der Waals surface area contributed by atoms with Gasteiger partial charge in [-0.2, -0.15) is 0 Å². The van der Waals surface area contributed by atoms with Crippen LogP contribution in [0.4, 0.5) is 0 Å². The number of benzene rings is 2.